The van der Waals surface area contributed by atoms with E-state index < -0.39 is 6.04 Å². The lowest BCUT2D eigenvalue weighted by Crippen LogP contribution is -2.52. The predicted octanol–water partition coefficient (Wildman–Crippen LogP) is 3.20. The summed E-state index contributed by atoms with van der Waals surface area (Å²) in [6.07, 6.45) is 1.31. The molecule has 7 nitrogen and oxygen atoms in total. The van der Waals surface area contributed by atoms with Gasteiger partial charge in [0.25, 0.3) is 0 Å². The van der Waals surface area contributed by atoms with Crippen LogP contribution in [0.2, 0.25) is 0 Å². The lowest BCUT2D eigenvalue weighted by Gasteiger charge is -2.46. The maximum absolute atomic E-state index is 12.9. The summed E-state index contributed by atoms with van der Waals surface area (Å²) in [4.78, 5) is 27.8. The highest BCUT2D eigenvalue weighted by molar-refractivity contribution is 6.01. The number of Topliss-reactive ketones (excluding diaryl/α,β-unsaturated/α-hetero) is 1. The molecule has 4 atom stereocenters. The van der Waals surface area contributed by atoms with Crippen molar-refractivity contribution < 1.29 is 23.8 Å². The summed E-state index contributed by atoms with van der Waals surface area (Å²) < 4.78 is 16.9. The van der Waals surface area contributed by atoms with Crippen LogP contribution in [0.4, 0.5) is 0 Å². The van der Waals surface area contributed by atoms with Gasteiger partial charge in [-0.15, -0.1) is 0 Å². The molecule has 3 rings (SSSR count). The van der Waals surface area contributed by atoms with Crippen LogP contribution in [0.25, 0.3) is 0 Å². The topological polar surface area (TPSA) is 91.1 Å². The zero-order valence-corrected chi connectivity index (χ0v) is 19.5. The molecule has 172 valence electrons. The Morgan fingerprint density at radius 1 is 1.16 bits per heavy atom. The summed E-state index contributed by atoms with van der Waals surface area (Å²) in [5.41, 5.74) is 7.63. The monoisotopic (exact) mass is 432 g/mol. The van der Waals surface area contributed by atoms with E-state index in [-0.39, 0.29) is 35.7 Å². The number of ketones is 1. The number of hydrogen-bond acceptors (Lipinski definition) is 7. The second kappa shape index (κ2) is 9.57. The van der Waals surface area contributed by atoms with Gasteiger partial charge in [-0.2, -0.15) is 0 Å². The smallest absolute Gasteiger partial charge is 0.323 e. The minimum absolute atomic E-state index is 0.0147. The second-order valence-corrected chi connectivity index (χ2v) is 9.53. The molecule has 3 unspecified atom stereocenters. The molecule has 2 heterocycles. The third-order valence-electron chi connectivity index (χ3n) is 6.49. The summed E-state index contributed by atoms with van der Waals surface area (Å²) >= 11 is 0. The Morgan fingerprint density at radius 2 is 1.81 bits per heavy atom. The summed E-state index contributed by atoms with van der Waals surface area (Å²) in [5, 5.41) is 0. The molecule has 0 amide bonds. The van der Waals surface area contributed by atoms with Crippen molar-refractivity contribution in [3.63, 3.8) is 0 Å². The first-order valence-electron chi connectivity index (χ1n) is 11.1. The van der Waals surface area contributed by atoms with Gasteiger partial charge in [-0.25, -0.2) is 0 Å². The summed E-state index contributed by atoms with van der Waals surface area (Å²) in [6, 6.07) is 3.00. The zero-order valence-electron chi connectivity index (χ0n) is 19.5. The van der Waals surface area contributed by atoms with E-state index in [4.69, 9.17) is 19.9 Å². The molecule has 1 aromatic rings. The maximum Gasteiger partial charge on any atom is 0.323 e. The van der Waals surface area contributed by atoms with Gasteiger partial charge in [-0.3, -0.25) is 14.5 Å². The number of hydrogen-bond donors (Lipinski definition) is 1. The van der Waals surface area contributed by atoms with Gasteiger partial charge in [-0.05, 0) is 36.0 Å². The predicted molar refractivity (Wildman–Crippen MR) is 118 cm³/mol. The van der Waals surface area contributed by atoms with Crippen molar-refractivity contribution in [2.24, 2.45) is 23.5 Å². The number of carbonyl (C=O) groups is 2. The molecule has 1 fully saturated rings. The number of fused-ring (bicyclic) bond motifs is 3. The van der Waals surface area contributed by atoms with Gasteiger partial charge in [0, 0.05) is 30.5 Å². The third kappa shape index (κ3) is 4.88. The fourth-order valence-corrected chi connectivity index (χ4v) is 4.76. The van der Waals surface area contributed by atoms with Gasteiger partial charge in [0.2, 0.25) is 0 Å². The molecular formula is C24H36N2O5. The summed E-state index contributed by atoms with van der Waals surface area (Å²) in [6.45, 7) is 9.23. The largest absolute Gasteiger partial charge is 0.493 e. The number of esters is 1. The van der Waals surface area contributed by atoms with E-state index in [1.165, 1.54) is 0 Å². The Balaban J connectivity index is 1.94. The van der Waals surface area contributed by atoms with Crippen molar-refractivity contribution in [2.45, 2.75) is 58.7 Å². The molecule has 2 N–H and O–H groups in total. The number of rotatable bonds is 7. The maximum atomic E-state index is 12.9. The first kappa shape index (κ1) is 23.5. The van der Waals surface area contributed by atoms with Crippen LogP contribution in [0.5, 0.6) is 11.5 Å². The van der Waals surface area contributed by atoms with Gasteiger partial charge >= 0.3 is 5.97 Å². The van der Waals surface area contributed by atoms with Crippen molar-refractivity contribution in [3.05, 3.63) is 23.3 Å². The van der Waals surface area contributed by atoms with Gasteiger partial charge < -0.3 is 19.9 Å². The Morgan fingerprint density at radius 3 is 2.39 bits per heavy atom. The summed E-state index contributed by atoms with van der Waals surface area (Å²) in [7, 11) is 3.15. The van der Waals surface area contributed by atoms with Crippen LogP contribution in [0.15, 0.2) is 12.1 Å². The van der Waals surface area contributed by atoms with Gasteiger partial charge in [-0.1, -0.05) is 27.7 Å². The van der Waals surface area contributed by atoms with Crippen molar-refractivity contribution in [3.8, 4) is 11.5 Å². The first-order valence-corrected chi connectivity index (χ1v) is 11.1. The van der Waals surface area contributed by atoms with E-state index in [1.807, 2.05) is 19.9 Å². The molecule has 0 saturated carbocycles. The van der Waals surface area contributed by atoms with E-state index in [9.17, 15) is 9.59 Å². The Labute approximate surface area is 185 Å². The normalized spacial score (nSPS) is 24.5. The zero-order chi connectivity index (χ0) is 22.9. The quantitative estimate of drug-likeness (QED) is 0.662. The second-order valence-electron chi connectivity index (χ2n) is 9.53. The van der Waals surface area contributed by atoms with Crippen LogP contribution in [0, 0.1) is 17.8 Å². The molecule has 0 bridgehead atoms. The Bertz CT molecular complexity index is 822. The van der Waals surface area contributed by atoms with Crippen LogP contribution in [-0.4, -0.2) is 56.1 Å². The highest BCUT2D eigenvalue weighted by Gasteiger charge is 2.43. The lowest BCUT2D eigenvalue weighted by atomic mass is 9.78. The molecule has 0 radical (unpaired) electrons. The van der Waals surface area contributed by atoms with Gasteiger partial charge in [0.05, 0.1) is 20.8 Å². The number of nitrogens with zero attached hydrogens (tertiary/aromatic N) is 1. The van der Waals surface area contributed by atoms with Crippen molar-refractivity contribution in [1.82, 2.24) is 4.90 Å². The molecule has 31 heavy (non-hydrogen) atoms. The van der Waals surface area contributed by atoms with E-state index in [2.05, 4.69) is 18.7 Å². The van der Waals surface area contributed by atoms with Crippen LogP contribution in [0.3, 0.4) is 0 Å². The number of nitrogens with two attached hydrogens (primary N) is 1. The van der Waals surface area contributed by atoms with Crippen LogP contribution in [0.1, 0.15) is 62.5 Å². The number of methoxy groups -OCH3 is 2. The number of piperidine rings is 1. The van der Waals surface area contributed by atoms with E-state index >= 15 is 0 Å². The molecule has 7 heteroatoms. The molecule has 2 aliphatic heterocycles. The van der Waals surface area contributed by atoms with Crippen LogP contribution >= 0.6 is 0 Å². The number of ether oxygens (including phenoxy) is 3. The minimum Gasteiger partial charge on any atom is -0.493 e. The standard InChI is InChI=1S/C24H36N2O5/c1-13(2)7-15-11-26-12-19(27)17-9-22(30-6)21(29-5)8-16(17)18(26)10-20(15)31-24(28)23(25)14(3)4/h8-9,13-15,18,20,23H,7,10-12,25H2,1-6H3/t15?,18?,20?,23-/m1/s1. The molecule has 0 aromatic heterocycles. The molecule has 1 aromatic carbocycles. The molecular weight excluding hydrogens is 396 g/mol. The van der Waals surface area contributed by atoms with E-state index in [0.717, 1.165) is 12.0 Å². The highest BCUT2D eigenvalue weighted by Crippen LogP contribution is 2.44. The van der Waals surface area contributed by atoms with Crippen LogP contribution < -0.4 is 15.2 Å². The first-order chi connectivity index (χ1) is 14.7. The number of carbonyl (C=O) groups excluding carboxylic acids is 2. The van der Waals surface area contributed by atoms with E-state index in [1.54, 1.807) is 20.3 Å². The minimum atomic E-state index is -0.637. The highest BCUT2D eigenvalue weighted by atomic mass is 16.5. The average molecular weight is 433 g/mol. The fourth-order valence-electron chi connectivity index (χ4n) is 4.76. The van der Waals surface area contributed by atoms with Crippen molar-refractivity contribution in [2.75, 3.05) is 27.3 Å². The fraction of sp³-hybridized carbons (Fsp3) is 0.667. The SMILES string of the molecule is COc1cc2c(cc1OC)C1CC(OC(=O)[C@H](N)C(C)C)C(CC(C)C)CN1CC2=O. The third-order valence-corrected chi connectivity index (χ3v) is 6.49. The van der Waals surface area contributed by atoms with Crippen molar-refractivity contribution >= 4 is 11.8 Å². The molecule has 0 aliphatic carbocycles. The average Bonchev–Trinajstić information content (AvgIpc) is 2.72. The van der Waals surface area contributed by atoms with Gasteiger partial charge in [0.1, 0.15) is 12.1 Å². The Hall–Kier alpha value is -2.12. The van der Waals surface area contributed by atoms with Gasteiger partial charge in [0.15, 0.2) is 17.3 Å². The summed E-state index contributed by atoms with van der Waals surface area (Å²) in [5.74, 6) is 1.50. The van der Waals surface area contributed by atoms with Crippen LogP contribution in [-0.2, 0) is 9.53 Å². The molecule has 1 saturated heterocycles. The molecule has 2 aliphatic rings. The van der Waals surface area contributed by atoms with Crippen molar-refractivity contribution in [1.29, 1.82) is 0 Å². The lowest BCUT2D eigenvalue weighted by molar-refractivity contribution is -0.160. The van der Waals surface area contributed by atoms with E-state index in [0.29, 0.717) is 42.5 Å². The number of benzene rings is 1. The molecule has 0 spiro atoms. The Kier molecular flexibility index (Phi) is 7.27.